The molecule has 2 N–H and O–H groups in total. The van der Waals surface area contributed by atoms with E-state index in [1.54, 1.807) is 6.07 Å². The van der Waals surface area contributed by atoms with E-state index in [0.717, 1.165) is 18.2 Å². The molecule has 0 unspecified atom stereocenters. The topological polar surface area (TPSA) is 75.1 Å². The minimum absolute atomic E-state index is 0.229. The number of carbonyl (C=O) groups excluding carboxylic acids is 1. The Balaban J connectivity index is 2.00. The van der Waals surface area contributed by atoms with Gasteiger partial charge in [-0.1, -0.05) is 6.07 Å². The first-order valence-corrected chi connectivity index (χ1v) is 5.93. The lowest BCUT2D eigenvalue weighted by Gasteiger charge is -2.06. The van der Waals surface area contributed by atoms with Crippen LogP contribution in [-0.2, 0) is 0 Å². The molecule has 0 aliphatic carbocycles. The van der Waals surface area contributed by atoms with E-state index in [-0.39, 0.29) is 16.8 Å². The summed E-state index contributed by atoms with van der Waals surface area (Å²) < 4.78 is 31.5. The number of amides is 1. The van der Waals surface area contributed by atoms with Crippen LogP contribution in [0.15, 0.2) is 45.6 Å². The quantitative estimate of drug-likeness (QED) is 0.762. The molecule has 0 fully saturated rings. The molecular weight excluding hydrogens is 282 g/mol. The first kappa shape index (κ1) is 13.0. The van der Waals surface area contributed by atoms with Crippen molar-refractivity contribution in [2.45, 2.75) is 0 Å². The molecule has 0 bridgehead atoms. The Morgan fingerprint density at radius 1 is 1.19 bits per heavy atom. The Hall–Kier alpha value is -2.96. The zero-order valence-electron chi connectivity index (χ0n) is 10.4. The second-order valence-corrected chi connectivity index (χ2v) is 4.27. The number of oxazole rings is 1. The van der Waals surface area contributed by atoms with Gasteiger partial charge in [-0.05, 0) is 30.3 Å². The van der Waals surface area contributed by atoms with Crippen molar-refractivity contribution >= 4 is 22.7 Å². The van der Waals surface area contributed by atoms with Crippen LogP contribution >= 0.6 is 0 Å². The number of fused-ring (bicyclic) bond motifs is 1. The predicted molar refractivity (Wildman–Crippen MR) is 71.1 cm³/mol. The molecular formula is C14H8F2N2O3. The summed E-state index contributed by atoms with van der Waals surface area (Å²) in [5.41, 5.74) is 0.315. The fourth-order valence-corrected chi connectivity index (χ4v) is 1.94. The van der Waals surface area contributed by atoms with Crippen molar-refractivity contribution in [1.29, 1.82) is 0 Å². The minimum atomic E-state index is -0.846. The highest BCUT2D eigenvalue weighted by Crippen LogP contribution is 2.21. The number of aromatic nitrogens is 1. The maximum absolute atomic E-state index is 13.5. The summed E-state index contributed by atoms with van der Waals surface area (Å²) in [6.07, 6.45) is 0. The van der Waals surface area contributed by atoms with Crippen LogP contribution in [0.3, 0.4) is 0 Å². The summed E-state index contributed by atoms with van der Waals surface area (Å²) in [4.78, 5) is 25.6. The van der Waals surface area contributed by atoms with Crippen molar-refractivity contribution in [1.82, 2.24) is 4.98 Å². The second kappa shape index (κ2) is 4.86. The van der Waals surface area contributed by atoms with Crippen molar-refractivity contribution in [3.05, 3.63) is 64.1 Å². The molecule has 2 aromatic carbocycles. The lowest BCUT2D eigenvalue weighted by atomic mass is 10.2. The third-order valence-electron chi connectivity index (χ3n) is 2.88. The lowest BCUT2D eigenvalue weighted by molar-refractivity contribution is 0.102. The molecule has 3 aromatic rings. The lowest BCUT2D eigenvalue weighted by Crippen LogP contribution is -2.14. The van der Waals surface area contributed by atoms with E-state index in [9.17, 15) is 18.4 Å². The highest BCUT2D eigenvalue weighted by atomic mass is 19.1. The Bertz CT molecular complexity index is 899. The van der Waals surface area contributed by atoms with Gasteiger partial charge in [0.05, 0.1) is 11.3 Å². The standard InChI is InChI=1S/C14H8F2N2O3/c15-7-4-5-9(16)8(6-7)13(19)17-10-2-1-3-11-12(10)18-14(20)21-11/h1-6H,(H,17,19)(H,18,20). The van der Waals surface area contributed by atoms with Crippen LogP contribution in [0.5, 0.6) is 0 Å². The summed E-state index contributed by atoms with van der Waals surface area (Å²) in [6.45, 7) is 0. The molecule has 0 radical (unpaired) electrons. The number of hydrogen-bond acceptors (Lipinski definition) is 3. The van der Waals surface area contributed by atoms with Gasteiger partial charge in [-0.2, -0.15) is 0 Å². The van der Waals surface area contributed by atoms with Crippen molar-refractivity contribution in [2.24, 2.45) is 0 Å². The van der Waals surface area contributed by atoms with Gasteiger partial charge in [0.15, 0.2) is 5.58 Å². The van der Waals surface area contributed by atoms with E-state index < -0.39 is 28.9 Å². The van der Waals surface area contributed by atoms with Gasteiger partial charge >= 0.3 is 5.76 Å². The molecule has 0 saturated carbocycles. The number of nitrogens with one attached hydrogen (secondary N) is 2. The number of carbonyl (C=O) groups is 1. The van der Waals surface area contributed by atoms with E-state index >= 15 is 0 Å². The molecule has 21 heavy (non-hydrogen) atoms. The van der Waals surface area contributed by atoms with Crippen LogP contribution in [-0.4, -0.2) is 10.9 Å². The van der Waals surface area contributed by atoms with E-state index in [0.29, 0.717) is 0 Å². The maximum Gasteiger partial charge on any atom is 0.417 e. The third kappa shape index (κ3) is 2.40. The molecule has 0 spiro atoms. The predicted octanol–water partition coefficient (Wildman–Crippen LogP) is 2.65. The normalized spacial score (nSPS) is 10.8. The molecule has 106 valence electrons. The summed E-state index contributed by atoms with van der Waals surface area (Å²) >= 11 is 0. The van der Waals surface area contributed by atoms with Crippen LogP contribution in [0.25, 0.3) is 11.1 Å². The molecule has 7 heteroatoms. The van der Waals surface area contributed by atoms with E-state index in [1.165, 1.54) is 12.1 Å². The highest BCUT2D eigenvalue weighted by Gasteiger charge is 2.15. The Morgan fingerprint density at radius 2 is 2.00 bits per heavy atom. The van der Waals surface area contributed by atoms with E-state index in [4.69, 9.17) is 4.42 Å². The zero-order valence-corrected chi connectivity index (χ0v) is 10.4. The van der Waals surface area contributed by atoms with Crippen LogP contribution in [0.2, 0.25) is 0 Å². The van der Waals surface area contributed by atoms with Crippen molar-refractivity contribution in [2.75, 3.05) is 5.32 Å². The maximum atomic E-state index is 13.5. The van der Waals surface area contributed by atoms with E-state index in [1.807, 2.05) is 0 Å². The van der Waals surface area contributed by atoms with Crippen molar-refractivity contribution in [3.8, 4) is 0 Å². The van der Waals surface area contributed by atoms with E-state index in [2.05, 4.69) is 10.3 Å². The Kier molecular flexibility index (Phi) is 3.02. The number of benzene rings is 2. The summed E-state index contributed by atoms with van der Waals surface area (Å²) in [6, 6.07) is 7.17. The monoisotopic (exact) mass is 290 g/mol. The van der Waals surface area contributed by atoms with Crippen LogP contribution in [0, 0.1) is 11.6 Å². The number of para-hydroxylation sites is 1. The molecule has 5 nitrogen and oxygen atoms in total. The number of aromatic amines is 1. The largest absolute Gasteiger partial charge is 0.417 e. The molecule has 0 saturated heterocycles. The summed E-state index contributed by atoms with van der Waals surface area (Å²) in [5.74, 6) is -3.08. The van der Waals surface area contributed by atoms with Gasteiger partial charge in [-0.3, -0.25) is 9.78 Å². The highest BCUT2D eigenvalue weighted by molar-refractivity contribution is 6.07. The molecule has 1 amide bonds. The Labute approximate surface area is 116 Å². The van der Waals surface area contributed by atoms with Gasteiger partial charge in [0.2, 0.25) is 0 Å². The van der Waals surface area contributed by atoms with Crippen LogP contribution in [0.4, 0.5) is 14.5 Å². The van der Waals surface area contributed by atoms with Gasteiger partial charge in [-0.25, -0.2) is 13.6 Å². The molecule has 3 rings (SSSR count). The molecule has 1 heterocycles. The molecule has 1 aromatic heterocycles. The van der Waals surface area contributed by atoms with Gasteiger partial charge in [0.25, 0.3) is 5.91 Å². The Morgan fingerprint density at radius 3 is 2.81 bits per heavy atom. The van der Waals surface area contributed by atoms with Gasteiger partial charge in [0.1, 0.15) is 17.2 Å². The summed E-state index contributed by atoms with van der Waals surface area (Å²) in [5, 5.41) is 2.41. The average molecular weight is 290 g/mol. The number of rotatable bonds is 2. The van der Waals surface area contributed by atoms with Crippen LogP contribution < -0.4 is 11.1 Å². The molecule has 0 aliphatic rings. The molecule has 0 atom stereocenters. The van der Waals surface area contributed by atoms with Crippen LogP contribution in [0.1, 0.15) is 10.4 Å². The SMILES string of the molecule is O=C(Nc1cccc2oc(=O)[nH]c12)c1cc(F)ccc1F. The average Bonchev–Trinajstić information content (AvgIpc) is 2.83. The zero-order chi connectivity index (χ0) is 15.0. The fourth-order valence-electron chi connectivity index (χ4n) is 1.94. The van der Waals surface area contributed by atoms with Gasteiger partial charge in [-0.15, -0.1) is 0 Å². The second-order valence-electron chi connectivity index (χ2n) is 4.27. The smallest absolute Gasteiger partial charge is 0.408 e. The van der Waals surface area contributed by atoms with Crippen molar-refractivity contribution < 1.29 is 18.0 Å². The summed E-state index contributed by atoms with van der Waals surface area (Å²) in [7, 11) is 0. The number of halogens is 2. The fraction of sp³-hybridized carbons (Fsp3) is 0. The van der Waals surface area contributed by atoms with Crippen molar-refractivity contribution in [3.63, 3.8) is 0 Å². The van der Waals surface area contributed by atoms with Gasteiger partial charge in [0, 0.05) is 0 Å². The number of H-pyrrole nitrogens is 1. The minimum Gasteiger partial charge on any atom is -0.408 e. The first-order valence-electron chi connectivity index (χ1n) is 5.93. The first-order chi connectivity index (χ1) is 10.0. The number of hydrogen-bond donors (Lipinski definition) is 2. The third-order valence-corrected chi connectivity index (χ3v) is 2.88. The number of anilines is 1. The molecule has 0 aliphatic heterocycles. The van der Waals surface area contributed by atoms with Gasteiger partial charge < -0.3 is 9.73 Å².